The Hall–Kier alpha value is -2.78. The first kappa shape index (κ1) is 26.8. The fraction of sp³-hybridized carbons (Fsp3) is 0.440. The van der Waals surface area contributed by atoms with Crippen molar-refractivity contribution < 1.29 is 22.7 Å². The molecule has 10 heteroatoms. The number of halogens is 1. The fourth-order valence-electron chi connectivity index (χ4n) is 4.05. The molecule has 1 saturated carbocycles. The van der Waals surface area contributed by atoms with E-state index >= 15 is 0 Å². The zero-order valence-corrected chi connectivity index (χ0v) is 21.8. The van der Waals surface area contributed by atoms with Gasteiger partial charge in [-0.05, 0) is 73.4 Å². The molecule has 35 heavy (non-hydrogen) atoms. The Morgan fingerprint density at radius 3 is 2.37 bits per heavy atom. The van der Waals surface area contributed by atoms with Crippen LogP contribution in [-0.2, 0) is 16.4 Å². The highest BCUT2D eigenvalue weighted by Gasteiger charge is 2.28. The van der Waals surface area contributed by atoms with Crippen LogP contribution in [0, 0.1) is 5.41 Å². The highest BCUT2D eigenvalue weighted by atomic mass is 35.5. The van der Waals surface area contributed by atoms with Crippen molar-refractivity contribution in [3.63, 3.8) is 0 Å². The number of hydrogen-bond acceptors (Lipinski definition) is 5. The topological polar surface area (TPSA) is 114 Å². The SMILES string of the molecule is COc1ccc(Cl)cc1C(=O)NCCc1ccc(S(=O)(=O)NC(=O)NC2CCC(C)(C)CC2)cc1. The molecule has 0 spiro atoms. The van der Waals surface area contributed by atoms with Gasteiger partial charge in [-0.25, -0.2) is 17.9 Å². The van der Waals surface area contributed by atoms with Crippen LogP contribution in [0.4, 0.5) is 4.79 Å². The van der Waals surface area contributed by atoms with Gasteiger partial charge in [-0.15, -0.1) is 0 Å². The average molecular weight is 522 g/mol. The molecule has 2 aromatic carbocycles. The van der Waals surface area contributed by atoms with Gasteiger partial charge in [0, 0.05) is 17.6 Å². The zero-order chi connectivity index (χ0) is 25.6. The van der Waals surface area contributed by atoms with Crippen LogP contribution in [0.5, 0.6) is 5.75 Å². The fourth-order valence-corrected chi connectivity index (χ4v) is 5.14. The van der Waals surface area contributed by atoms with Gasteiger partial charge in [-0.2, -0.15) is 0 Å². The van der Waals surface area contributed by atoms with Crippen molar-refractivity contribution in [2.24, 2.45) is 5.41 Å². The lowest BCUT2D eigenvalue weighted by molar-refractivity contribution is 0.0951. The number of sulfonamides is 1. The summed E-state index contributed by atoms with van der Waals surface area (Å²) in [4.78, 5) is 24.7. The summed E-state index contributed by atoms with van der Waals surface area (Å²) in [5.74, 6) is 0.102. The smallest absolute Gasteiger partial charge is 0.328 e. The Morgan fingerprint density at radius 1 is 1.09 bits per heavy atom. The van der Waals surface area contributed by atoms with E-state index in [4.69, 9.17) is 16.3 Å². The van der Waals surface area contributed by atoms with Crippen LogP contribution < -0.4 is 20.1 Å². The lowest BCUT2D eigenvalue weighted by Gasteiger charge is -2.34. The minimum absolute atomic E-state index is 0.00567. The van der Waals surface area contributed by atoms with Crippen LogP contribution in [0.1, 0.15) is 55.5 Å². The summed E-state index contributed by atoms with van der Waals surface area (Å²) < 4.78 is 32.5. The number of nitrogens with one attached hydrogen (secondary N) is 3. The molecule has 2 aromatic rings. The van der Waals surface area contributed by atoms with E-state index < -0.39 is 16.1 Å². The van der Waals surface area contributed by atoms with Crippen LogP contribution in [-0.4, -0.2) is 40.1 Å². The van der Waals surface area contributed by atoms with Crippen LogP contribution in [0.15, 0.2) is 47.4 Å². The Morgan fingerprint density at radius 2 is 1.74 bits per heavy atom. The van der Waals surface area contributed by atoms with Crippen LogP contribution in [0.3, 0.4) is 0 Å². The molecular formula is C25H32ClN3O5S. The second-order valence-electron chi connectivity index (χ2n) is 9.51. The molecule has 1 aliphatic carbocycles. The normalized spacial score (nSPS) is 15.8. The highest BCUT2D eigenvalue weighted by molar-refractivity contribution is 7.90. The van der Waals surface area contributed by atoms with Crippen molar-refractivity contribution in [2.45, 2.75) is 56.9 Å². The molecule has 0 bridgehead atoms. The van der Waals surface area contributed by atoms with Gasteiger partial charge in [0.1, 0.15) is 5.75 Å². The third-order valence-electron chi connectivity index (χ3n) is 6.24. The molecule has 190 valence electrons. The summed E-state index contributed by atoms with van der Waals surface area (Å²) in [5.41, 5.74) is 1.42. The number of hydrogen-bond donors (Lipinski definition) is 3. The van der Waals surface area contributed by atoms with E-state index in [2.05, 4.69) is 29.2 Å². The molecule has 8 nitrogen and oxygen atoms in total. The summed E-state index contributed by atoms with van der Waals surface area (Å²) >= 11 is 5.97. The van der Waals surface area contributed by atoms with E-state index in [9.17, 15) is 18.0 Å². The van der Waals surface area contributed by atoms with Gasteiger partial charge in [0.15, 0.2) is 0 Å². The van der Waals surface area contributed by atoms with E-state index in [0.717, 1.165) is 31.2 Å². The van der Waals surface area contributed by atoms with Crippen molar-refractivity contribution in [2.75, 3.05) is 13.7 Å². The van der Waals surface area contributed by atoms with E-state index in [1.165, 1.54) is 25.3 Å². The lowest BCUT2D eigenvalue weighted by Crippen LogP contribution is -2.46. The highest BCUT2D eigenvalue weighted by Crippen LogP contribution is 2.35. The molecule has 0 heterocycles. The minimum Gasteiger partial charge on any atom is -0.496 e. The van der Waals surface area contributed by atoms with Gasteiger partial charge >= 0.3 is 6.03 Å². The standard InChI is InChI=1S/C25H32ClN3O5S/c1-25(2)13-10-19(11-14-25)28-24(31)29-35(32,33)20-7-4-17(5-8-20)12-15-27-23(30)21-16-18(26)6-9-22(21)34-3/h4-9,16,19H,10-15H2,1-3H3,(H,27,30)(H2,28,29,31). The van der Waals surface area contributed by atoms with Crippen LogP contribution in [0.25, 0.3) is 0 Å². The number of methoxy groups -OCH3 is 1. The van der Waals surface area contributed by atoms with Crippen molar-refractivity contribution in [1.29, 1.82) is 0 Å². The largest absolute Gasteiger partial charge is 0.496 e. The second kappa shape index (κ2) is 11.3. The summed E-state index contributed by atoms with van der Waals surface area (Å²) in [7, 11) is -2.51. The Kier molecular flexibility index (Phi) is 8.66. The van der Waals surface area contributed by atoms with Gasteiger partial charge in [0.25, 0.3) is 15.9 Å². The van der Waals surface area contributed by atoms with E-state index in [1.807, 2.05) is 0 Å². The maximum atomic E-state index is 12.6. The molecule has 0 atom stereocenters. The Balaban J connectivity index is 1.50. The van der Waals surface area contributed by atoms with Gasteiger partial charge in [-0.3, -0.25) is 4.79 Å². The molecule has 0 unspecified atom stereocenters. The number of ether oxygens (including phenoxy) is 1. The number of rotatable bonds is 8. The van der Waals surface area contributed by atoms with Crippen molar-refractivity contribution in [1.82, 2.24) is 15.4 Å². The number of carbonyl (C=O) groups excluding carboxylic acids is 2. The molecule has 1 aliphatic rings. The summed E-state index contributed by atoms with van der Waals surface area (Å²) in [6.45, 7) is 4.73. The van der Waals surface area contributed by atoms with Crippen LogP contribution >= 0.6 is 11.6 Å². The van der Waals surface area contributed by atoms with Crippen LogP contribution in [0.2, 0.25) is 5.02 Å². The summed E-state index contributed by atoms with van der Waals surface area (Å²) in [5, 5.41) is 6.00. The maximum absolute atomic E-state index is 12.6. The molecule has 1 fully saturated rings. The third kappa shape index (κ3) is 7.60. The summed E-state index contributed by atoms with van der Waals surface area (Å²) in [6, 6.07) is 10.3. The van der Waals surface area contributed by atoms with Gasteiger partial charge in [0.2, 0.25) is 0 Å². The molecule has 0 aliphatic heterocycles. The summed E-state index contributed by atoms with van der Waals surface area (Å²) in [6.07, 6.45) is 4.12. The molecular weight excluding hydrogens is 490 g/mol. The molecule has 3 rings (SSSR count). The van der Waals surface area contributed by atoms with E-state index in [1.54, 1.807) is 24.3 Å². The van der Waals surface area contributed by atoms with Crippen molar-refractivity contribution in [3.05, 3.63) is 58.6 Å². The zero-order valence-electron chi connectivity index (χ0n) is 20.2. The maximum Gasteiger partial charge on any atom is 0.328 e. The predicted molar refractivity (Wildman–Crippen MR) is 135 cm³/mol. The quantitative estimate of drug-likeness (QED) is 0.480. The van der Waals surface area contributed by atoms with E-state index in [0.29, 0.717) is 29.3 Å². The van der Waals surface area contributed by atoms with Gasteiger partial charge < -0.3 is 15.4 Å². The molecule has 0 saturated heterocycles. The first-order valence-electron chi connectivity index (χ1n) is 11.5. The van der Waals surface area contributed by atoms with Gasteiger partial charge in [-0.1, -0.05) is 37.6 Å². The number of benzene rings is 2. The lowest BCUT2D eigenvalue weighted by atomic mass is 9.76. The molecule has 3 N–H and O–H groups in total. The van der Waals surface area contributed by atoms with Gasteiger partial charge in [0.05, 0.1) is 17.6 Å². The Bertz CT molecular complexity index is 1160. The monoisotopic (exact) mass is 521 g/mol. The second-order valence-corrected chi connectivity index (χ2v) is 11.6. The average Bonchev–Trinajstić information content (AvgIpc) is 2.80. The van der Waals surface area contributed by atoms with Crippen molar-refractivity contribution >= 4 is 33.6 Å². The number of urea groups is 1. The van der Waals surface area contributed by atoms with E-state index in [-0.39, 0.29) is 22.3 Å². The number of amides is 3. The van der Waals surface area contributed by atoms with Crippen molar-refractivity contribution in [3.8, 4) is 5.75 Å². The first-order chi connectivity index (χ1) is 16.5. The Labute approximate surface area is 211 Å². The minimum atomic E-state index is -3.99. The third-order valence-corrected chi connectivity index (χ3v) is 7.82. The molecule has 0 aromatic heterocycles. The molecule has 3 amide bonds. The number of carbonyl (C=O) groups is 2. The first-order valence-corrected chi connectivity index (χ1v) is 13.4. The molecule has 0 radical (unpaired) electrons. The predicted octanol–water partition coefficient (Wildman–Crippen LogP) is 4.28.